The van der Waals surface area contributed by atoms with Gasteiger partial charge in [-0.25, -0.2) is 0 Å². The molecule has 0 aliphatic heterocycles. The van der Waals surface area contributed by atoms with Crippen LogP contribution < -0.4 is 0 Å². The van der Waals surface area contributed by atoms with Crippen molar-refractivity contribution in [3.8, 4) is 0 Å². The summed E-state index contributed by atoms with van der Waals surface area (Å²) in [5, 5.41) is 0. The quantitative estimate of drug-likeness (QED) is 0.503. The fraction of sp³-hybridized carbons (Fsp3) is 0.750. The van der Waals surface area contributed by atoms with E-state index in [1.807, 2.05) is 0 Å². The van der Waals surface area contributed by atoms with Crippen molar-refractivity contribution in [2.45, 2.75) is 6.92 Å². The maximum Gasteiger partial charge on any atom is 0.138 e. The van der Waals surface area contributed by atoms with Crippen LogP contribution in [0.25, 0.3) is 0 Å². The summed E-state index contributed by atoms with van der Waals surface area (Å²) in [6.07, 6.45) is 0. The van der Waals surface area contributed by atoms with Crippen molar-refractivity contribution in [3.63, 3.8) is 0 Å². The van der Waals surface area contributed by atoms with Gasteiger partial charge >= 0.3 is 0 Å². The van der Waals surface area contributed by atoms with Crippen LogP contribution in [0.5, 0.6) is 0 Å². The summed E-state index contributed by atoms with van der Waals surface area (Å²) in [6, 6.07) is 0. The Morgan fingerprint density at radius 3 is 2.67 bits per heavy atom. The van der Waals surface area contributed by atoms with Gasteiger partial charge in [0, 0.05) is 7.11 Å². The van der Waals surface area contributed by atoms with Gasteiger partial charge in [-0.2, -0.15) is 0 Å². The summed E-state index contributed by atoms with van der Waals surface area (Å²) >= 11 is 1.66. The van der Waals surface area contributed by atoms with Crippen LogP contribution in [0.3, 0.4) is 0 Å². The maximum absolute atomic E-state index is 4.62. The van der Waals surface area contributed by atoms with Gasteiger partial charge in [-0.05, 0) is 5.75 Å². The fourth-order valence-electron chi connectivity index (χ4n) is 0.136. The molecule has 0 atom stereocenters. The summed E-state index contributed by atoms with van der Waals surface area (Å²) in [5.41, 5.74) is 0. The normalized spacial score (nSPS) is 9.00. The number of ether oxygens (including phenoxy) is 1. The van der Waals surface area contributed by atoms with Crippen molar-refractivity contribution >= 4 is 11.8 Å². The molecule has 0 heterocycles. The van der Waals surface area contributed by atoms with Crippen LogP contribution in [-0.4, -0.2) is 12.9 Å². The highest BCUT2D eigenvalue weighted by atomic mass is 32.2. The zero-order valence-electron chi connectivity index (χ0n) is 4.10. The topological polar surface area (TPSA) is 9.23 Å². The lowest BCUT2D eigenvalue weighted by molar-refractivity contribution is 0.315. The van der Waals surface area contributed by atoms with Crippen LogP contribution in [0, 0.1) is 5.94 Å². The van der Waals surface area contributed by atoms with E-state index in [0.29, 0.717) is 0 Å². The van der Waals surface area contributed by atoms with Crippen LogP contribution in [0.2, 0.25) is 0 Å². The molecule has 0 spiro atoms. The predicted molar refractivity (Wildman–Crippen MR) is 29.4 cm³/mol. The number of rotatable bonds is 3. The first-order valence-electron chi connectivity index (χ1n) is 1.88. The van der Waals surface area contributed by atoms with E-state index in [9.17, 15) is 0 Å². The highest BCUT2D eigenvalue weighted by Gasteiger charge is 1.75. The molecule has 0 bridgehead atoms. The Balaban J connectivity index is 2.34. The number of hydrogen-bond acceptors (Lipinski definition) is 2. The number of hydrogen-bond donors (Lipinski definition) is 0. The van der Waals surface area contributed by atoms with Crippen molar-refractivity contribution in [3.05, 3.63) is 5.94 Å². The Labute approximate surface area is 43.1 Å². The molecule has 0 aromatic rings. The van der Waals surface area contributed by atoms with E-state index in [1.165, 1.54) is 0 Å². The molecule has 0 aliphatic rings. The lowest BCUT2D eigenvalue weighted by Gasteiger charge is -1.88. The zero-order valence-corrected chi connectivity index (χ0v) is 4.92. The average Bonchev–Trinajstić information content (AvgIpc) is 1.61. The highest BCUT2D eigenvalue weighted by Crippen LogP contribution is 2.01. The van der Waals surface area contributed by atoms with Crippen molar-refractivity contribution in [1.29, 1.82) is 0 Å². The molecule has 1 radical (unpaired) electrons. The van der Waals surface area contributed by atoms with E-state index in [-0.39, 0.29) is 0 Å². The van der Waals surface area contributed by atoms with Crippen LogP contribution in [-0.2, 0) is 4.74 Å². The maximum atomic E-state index is 4.62. The van der Waals surface area contributed by atoms with E-state index in [2.05, 4.69) is 11.7 Å². The zero-order chi connectivity index (χ0) is 4.83. The van der Waals surface area contributed by atoms with Gasteiger partial charge in [-0.15, -0.1) is 11.8 Å². The van der Waals surface area contributed by atoms with Crippen molar-refractivity contribution in [2.24, 2.45) is 0 Å². The van der Waals surface area contributed by atoms with Gasteiger partial charge in [0.25, 0.3) is 0 Å². The number of thioether (sulfide) groups is 1. The summed E-state index contributed by atoms with van der Waals surface area (Å²) in [5.74, 6) is 2.81. The van der Waals surface area contributed by atoms with Crippen LogP contribution in [0.15, 0.2) is 0 Å². The smallest absolute Gasteiger partial charge is 0.138 e. The lowest BCUT2D eigenvalue weighted by Crippen LogP contribution is -1.71. The van der Waals surface area contributed by atoms with E-state index < -0.39 is 0 Å². The first-order chi connectivity index (χ1) is 2.91. The van der Waals surface area contributed by atoms with Crippen LogP contribution in [0.1, 0.15) is 6.92 Å². The Morgan fingerprint density at radius 1 is 1.83 bits per heavy atom. The molecule has 0 fully saturated rings. The van der Waals surface area contributed by atoms with E-state index >= 15 is 0 Å². The molecule has 0 rings (SSSR count). The van der Waals surface area contributed by atoms with Gasteiger partial charge < -0.3 is 4.74 Å². The molecule has 2 heteroatoms. The second kappa shape index (κ2) is 5.31. The molecule has 0 N–H and O–H groups in total. The third-order valence-corrected chi connectivity index (χ3v) is 0.993. The van der Waals surface area contributed by atoms with Gasteiger partial charge in [0.1, 0.15) is 5.94 Å². The van der Waals surface area contributed by atoms with E-state index in [1.54, 1.807) is 24.8 Å². The van der Waals surface area contributed by atoms with Crippen LogP contribution >= 0.6 is 11.8 Å². The number of methoxy groups -OCH3 is 1. The second-order valence-corrected chi connectivity index (χ2v) is 1.89. The van der Waals surface area contributed by atoms with Gasteiger partial charge in [0.05, 0.1) is 0 Å². The van der Waals surface area contributed by atoms with Crippen LogP contribution in [0.4, 0.5) is 0 Å². The molecular formula is C4H9OS. The summed E-state index contributed by atoms with van der Waals surface area (Å²) in [4.78, 5) is 0. The Kier molecular flexibility index (Phi) is 5.58. The molecule has 6 heavy (non-hydrogen) atoms. The Morgan fingerprint density at radius 2 is 2.50 bits per heavy atom. The molecule has 0 aliphatic carbocycles. The fourth-order valence-corrected chi connectivity index (χ4v) is 0.408. The first-order valence-corrected chi connectivity index (χ1v) is 2.92. The van der Waals surface area contributed by atoms with Crippen molar-refractivity contribution in [2.75, 3.05) is 12.9 Å². The van der Waals surface area contributed by atoms with Crippen molar-refractivity contribution < 1.29 is 4.74 Å². The van der Waals surface area contributed by atoms with Gasteiger partial charge in [-0.1, -0.05) is 6.92 Å². The largest absolute Gasteiger partial charge is 0.367 e. The molecule has 0 amide bonds. The SMILES string of the molecule is CCS[CH]OC. The molecular weight excluding hydrogens is 96.1 g/mol. The third-order valence-electron chi connectivity index (χ3n) is 0.331. The summed E-state index contributed by atoms with van der Waals surface area (Å²) in [7, 11) is 1.66. The minimum absolute atomic E-state index is 1.09. The minimum Gasteiger partial charge on any atom is -0.367 e. The molecule has 0 saturated heterocycles. The second-order valence-electron chi connectivity index (χ2n) is 0.787. The lowest BCUT2D eigenvalue weighted by atomic mass is 11.0. The third kappa shape index (κ3) is 4.31. The van der Waals surface area contributed by atoms with Gasteiger partial charge in [0.15, 0.2) is 0 Å². The Hall–Kier alpha value is 0.310. The van der Waals surface area contributed by atoms with Crippen molar-refractivity contribution in [1.82, 2.24) is 0 Å². The molecule has 37 valence electrons. The van der Waals surface area contributed by atoms with Gasteiger partial charge in [-0.3, -0.25) is 0 Å². The van der Waals surface area contributed by atoms with Gasteiger partial charge in [0.2, 0.25) is 0 Å². The molecule has 0 aromatic carbocycles. The van der Waals surface area contributed by atoms with E-state index in [0.717, 1.165) is 5.75 Å². The molecule has 0 saturated carbocycles. The standard InChI is InChI=1S/C4H9OS/c1-3-6-4-5-2/h4H,3H2,1-2H3. The average molecular weight is 105 g/mol. The summed E-state index contributed by atoms with van der Waals surface area (Å²) < 4.78 is 4.62. The summed E-state index contributed by atoms with van der Waals surface area (Å²) in [6.45, 7) is 2.08. The highest BCUT2D eigenvalue weighted by molar-refractivity contribution is 8.01. The molecule has 1 nitrogen and oxygen atoms in total. The minimum atomic E-state index is 1.09. The Bertz CT molecular complexity index is 19.5. The van der Waals surface area contributed by atoms with E-state index in [4.69, 9.17) is 0 Å². The molecule has 0 unspecified atom stereocenters. The first kappa shape index (κ1) is 6.31. The predicted octanol–water partition coefficient (Wildman–Crippen LogP) is 1.51. The monoisotopic (exact) mass is 105 g/mol. The molecule has 0 aromatic heterocycles.